The van der Waals surface area contributed by atoms with E-state index in [1.165, 1.54) is 13.3 Å². The maximum Gasteiger partial charge on any atom is 0.302 e. The molecule has 2 bridgehead atoms. The van der Waals surface area contributed by atoms with Crippen LogP contribution in [0.15, 0.2) is 0 Å². The van der Waals surface area contributed by atoms with Crippen LogP contribution in [-0.4, -0.2) is 48.6 Å². The van der Waals surface area contributed by atoms with Gasteiger partial charge in [-0.05, 0) is 32.2 Å². The Labute approximate surface area is 120 Å². The van der Waals surface area contributed by atoms with E-state index < -0.39 is 0 Å². The molecule has 3 aliphatic rings. The van der Waals surface area contributed by atoms with Crippen molar-refractivity contribution in [2.45, 2.75) is 51.2 Å². The number of nitrogens with zero attached hydrogens (tertiary/aromatic N) is 1. The summed E-state index contributed by atoms with van der Waals surface area (Å²) in [6, 6.07) is 0.0148. The molecule has 20 heavy (non-hydrogen) atoms. The lowest BCUT2D eigenvalue weighted by Gasteiger charge is -2.46. The molecule has 1 aliphatic carbocycles. The summed E-state index contributed by atoms with van der Waals surface area (Å²) >= 11 is 0. The highest BCUT2D eigenvalue weighted by Crippen LogP contribution is 2.37. The minimum atomic E-state index is -0.191. The van der Waals surface area contributed by atoms with E-state index in [0.717, 1.165) is 45.3 Å². The van der Waals surface area contributed by atoms with Gasteiger partial charge in [0.2, 0.25) is 5.91 Å². The monoisotopic (exact) mass is 280 g/mol. The zero-order chi connectivity index (χ0) is 14.1. The summed E-state index contributed by atoms with van der Waals surface area (Å²) in [4.78, 5) is 25.8. The lowest BCUT2D eigenvalue weighted by Crippen LogP contribution is -2.57. The second-order valence-electron chi connectivity index (χ2n) is 6.42. The molecular formula is C15H24N2O3. The standard InChI is InChI=1S/C15H24N2O3/c1-10(18)20-14-11-4-2-5-12(14)9-17(8-11)15(19)13-6-3-7-16-13/h11-14,16H,2-9H2,1H3. The summed E-state index contributed by atoms with van der Waals surface area (Å²) in [5, 5.41) is 3.29. The number of fused-ring (bicyclic) bond motifs is 2. The number of piperidine rings is 1. The molecule has 0 spiro atoms. The van der Waals surface area contributed by atoms with E-state index in [1.54, 1.807) is 0 Å². The third kappa shape index (κ3) is 2.68. The van der Waals surface area contributed by atoms with Crippen LogP contribution in [0.1, 0.15) is 39.0 Å². The van der Waals surface area contributed by atoms with E-state index >= 15 is 0 Å². The van der Waals surface area contributed by atoms with Crippen LogP contribution in [0.2, 0.25) is 0 Å². The molecule has 0 radical (unpaired) electrons. The molecule has 3 unspecified atom stereocenters. The van der Waals surface area contributed by atoms with Gasteiger partial charge in [0.05, 0.1) is 6.04 Å². The van der Waals surface area contributed by atoms with Crippen LogP contribution in [0.5, 0.6) is 0 Å². The van der Waals surface area contributed by atoms with Crippen LogP contribution in [0.25, 0.3) is 0 Å². The number of carbonyl (C=O) groups is 2. The zero-order valence-electron chi connectivity index (χ0n) is 12.1. The fourth-order valence-electron chi connectivity index (χ4n) is 4.07. The van der Waals surface area contributed by atoms with Crippen molar-refractivity contribution in [3.05, 3.63) is 0 Å². The van der Waals surface area contributed by atoms with Crippen molar-refractivity contribution in [3.63, 3.8) is 0 Å². The van der Waals surface area contributed by atoms with Crippen molar-refractivity contribution in [2.24, 2.45) is 11.8 Å². The molecule has 1 amide bonds. The molecule has 5 nitrogen and oxygen atoms in total. The van der Waals surface area contributed by atoms with E-state index in [2.05, 4.69) is 5.32 Å². The summed E-state index contributed by atoms with van der Waals surface area (Å²) in [7, 11) is 0. The number of nitrogens with one attached hydrogen (secondary N) is 1. The molecule has 1 saturated carbocycles. The van der Waals surface area contributed by atoms with Gasteiger partial charge in [-0.25, -0.2) is 0 Å². The normalized spacial score (nSPS) is 36.8. The van der Waals surface area contributed by atoms with Crippen molar-refractivity contribution >= 4 is 11.9 Å². The fraction of sp³-hybridized carbons (Fsp3) is 0.867. The third-order valence-corrected chi connectivity index (χ3v) is 4.96. The molecule has 0 aromatic heterocycles. The van der Waals surface area contributed by atoms with Crippen LogP contribution in [0.4, 0.5) is 0 Å². The van der Waals surface area contributed by atoms with Crippen LogP contribution in [0, 0.1) is 11.8 Å². The smallest absolute Gasteiger partial charge is 0.302 e. The van der Waals surface area contributed by atoms with Crippen LogP contribution < -0.4 is 5.32 Å². The molecule has 5 heteroatoms. The number of likely N-dealkylation sites (tertiary alicyclic amines) is 1. The Morgan fingerprint density at radius 3 is 2.35 bits per heavy atom. The van der Waals surface area contributed by atoms with Gasteiger partial charge in [-0.2, -0.15) is 0 Å². The number of amides is 1. The van der Waals surface area contributed by atoms with E-state index in [-0.39, 0.29) is 24.0 Å². The predicted molar refractivity (Wildman–Crippen MR) is 74.0 cm³/mol. The molecule has 2 saturated heterocycles. The van der Waals surface area contributed by atoms with Gasteiger partial charge in [-0.3, -0.25) is 9.59 Å². The molecular weight excluding hydrogens is 256 g/mol. The van der Waals surface area contributed by atoms with E-state index in [1.807, 2.05) is 4.90 Å². The molecule has 1 N–H and O–H groups in total. The Morgan fingerprint density at radius 1 is 1.10 bits per heavy atom. The van der Waals surface area contributed by atoms with Crippen LogP contribution in [-0.2, 0) is 14.3 Å². The number of carbonyl (C=O) groups excluding carboxylic acids is 2. The summed E-state index contributed by atoms with van der Waals surface area (Å²) in [6.07, 6.45) is 5.40. The average Bonchev–Trinajstić information content (AvgIpc) is 2.90. The second kappa shape index (κ2) is 5.72. The van der Waals surface area contributed by atoms with Crippen molar-refractivity contribution < 1.29 is 14.3 Å². The molecule has 3 fully saturated rings. The average molecular weight is 280 g/mol. The molecule has 3 atom stereocenters. The lowest BCUT2D eigenvalue weighted by molar-refractivity contribution is -0.163. The Hall–Kier alpha value is -1.10. The molecule has 3 rings (SSSR count). The van der Waals surface area contributed by atoms with Crippen LogP contribution in [0.3, 0.4) is 0 Å². The Kier molecular flexibility index (Phi) is 3.96. The molecule has 0 aromatic carbocycles. The van der Waals surface area contributed by atoms with Crippen molar-refractivity contribution in [2.75, 3.05) is 19.6 Å². The summed E-state index contributed by atoms with van der Waals surface area (Å²) in [6.45, 7) is 3.94. The Bertz CT molecular complexity index is 379. The number of esters is 1. The number of ether oxygens (including phenoxy) is 1. The van der Waals surface area contributed by atoms with Gasteiger partial charge in [-0.15, -0.1) is 0 Å². The van der Waals surface area contributed by atoms with Gasteiger partial charge >= 0.3 is 5.97 Å². The number of hydrogen-bond donors (Lipinski definition) is 1. The molecule has 2 heterocycles. The van der Waals surface area contributed by atoms with Crippen molar-refractivity contribution in [1.82, 2.24) is 10.2 Å². The topological polar surface area (TPSA) is 58.6 Å². The van der Waals surface area contributed by atoms with Gasteiger partial charge in [0.15, 0.2) is 0 Å². The summed E-state index contributed by atoms with van der Waals surface area (Å²) in [5.74, 6) is 0.721. The van der Waals surface area contributed by atoms with E-state index in [9.17, 15) is 9.59 Å². The minimum absolute atomic E-state index is 0.0148. The summed E-state index contributed by atoms with van der Waals surface area (Å²) in [5.41, 5.74) is 0. The van der Waals surface area contributed by atoms with Gasteiger partial charge in [0.25, 0.3) is 0 Å². The maximum absolute atomic E-state index is 12.5. The number of hydrogen-bond acceptors (Lipinski definition) is 4. The van der Waals surface area contributed by atoms with Gasteiger partial charge in [0.1, 0.15) is 6.10 Å². The van der Waals surface area contributed by atoms with Crippen LogP contribution >= 0.6 is 0 Å². The highest BCUT2D eigenvalue weighted by molar-refractivity contribution is 5.82. The fourth-order valence-corrected chi connectivity index (χ4v) is 4.07. The van der Waals surface area contributed by atoms with Gasteiger partial charge in [0, 0.05) is 31.8 Å². The Balaban J connectivity index is 1.66. The maximum atomic E-state index is 12.5. The summed E-state index contributed by atoms with van der Waals surface area (Å²) < 4.78 is 5.52. The first-order valence-corrected chi connectivity index (χ1v) is 7.84. The predicted octanol–water partition coefficient (Wildman–Crippen LogP) is 0.929. The second-order valence-corrected chi connectivity index (χ2v) is 6.42. The van der Waals surface area contributed by atoms with Gasteiger partial charge < -0.3 is 15.0 Å². The SMILES string of the molecule is CC(=O)OC1C2CCCC1CN(C(=O)C1CCCN1)C2. The Morgan fingerprint density at radius 2 is 1.80 bits per heavy atom. The molecule has 112 valence electrons. The third-order valence-electron chi connectivity index (χ3n) is 4.96. The first kappa shape index (κ1) is 13.9. The number of rotatable bonds is 2. The first-order chi connectivity index (χ1) is 9.65. The molecule has 2 aliphatic heterocycles. The largest absolute Gasteiger partial charge is 0.462 e. The first-order valence-electron chi connectivity index (χ1n) is 7.84. The minimum Gasteiger partial charge on any atom is -0.462 e. The van der Waals surface area contributed by atoms with Gasteiger partial charge in [-0.1, -0.05) is 6.42 Å². The quantitative estimate of drug-likeness (QED) is 0.765. The highest BCUT2D eigenvalue weighted by atomic mass is 16.5. The van der Waals surface area contributed by atoms with E-state index in [4.69, 9.17) is 4.74 Å². The van der Waals surface area contributed by atoms with Crippen molar-refractivity contribution in [3.8, 4) is 0 Å². The molecule has 0 aromatic rings. The lowest BCUT2D eigenvalue weighted by atomic mass is 9.75. The highest BCUT2D eigenvalue weighted by Gasteiger charge is 2.43. The van der Waals surface area contributed by atoms with Crippen molar-refractivity contribution in [1.29, 1.82) is 0 Å². The zero-order valence-corrected chi connectivity index (χ0v) is 12.1. The van der Waals surface area contributed by atoms with E-state index in [0.29, 0.717) is 11.8 Å².